The van der Waals surface area contributed by atoms with Gasteiger partial charge in [0.25, 0.3) is 0 Å². The fourth-order valence-corrected chi connectivity index (χ4v) is 1.22. The topological polar surface area (TPSA) is 76.4 Å². The van der Waals surface area contributed by atoms with Crippen LogP contribution in [0, 0.1) is 6.92 Å². The van der Waals surface area contributed by atoms with E-state index in [0.717, 1.165) is 6.42 Å². The first kappa shape index (κ1) is 10.5. The third-order valence-electron chi connectivity index (χ3n) is 1.91. The molecular formula is C10H16N4. The molecule has 14 heavy (non-hydrogen) atoms. The van der Waals surface area contributed by atoms with Crippen molar-refractivity contribution in [1.29, 1.82) is 0 Å². The van der Waals surface area contributed by atoms with Crippen molar-refractivity contribution in [1.82, 2.24) is 5.43 Å². The average molecular weight is 192 g/mol. The molecular weight excluding hydrogens is 176 g/mol. The number of benzene rings is 1. The first-order valence-electron chi connectivity index (χ1n) is 4.54. The first-order valence-corrected chi connectivity index (χ1v) is 4.54. The van der Waals surface area contributed by atoms with Crippen molar-refractivity contribution in [2.45, 2.75) is 13.3 Å². The molecule has 0 aliphatic rings. The maximum absolute atomic E-state index is 5.38. The fraction of sp³-hybridized carbons (Fsp3) is 0.300. The highest BCUT2D eigenvalue weighted by atomic mass is 15.3. The molecule has 0 saturated heterocycles. The maximum atomic E-state index is 5.38. The molecule has 5 N–H and O–H groups in total. The van der Waals surface area contributed by atoms with Gasteiger partial charge in [-0.15, -0.1) is 0 Å². The van der Waals surface area contributed by atoms with Crippen LogP contribution in [0.15, 0.2) is 29.3 Å². The average Bonchev–Trinajstić information content (AvgIpc) is 2.17. The van der Waals surface area contributed by atoms with Gasteiger partial charge in [-0.1, -0.05) is 29.8 Å². The summed E-state index contributed by atoms with van der Waals surface area (Å²) >= 11 is 0. The van der Waals surface area contributed by atoms with Gasteiger partial charge in [0.15, 0.2) is 0 Å². The Morgan fingerprint density at radius 1 is 1.50 bits per heavy atom. The number of rotatable bonds is 3. The second-order valence-electron chi connectivity index (χ2n) is 3.15. The van der Waals surface area contributed by atoms with Crippen LogP contribution >= 0.6 is 0 Å². The van der Waals surface area contributed by atoms with Crippen LogP contribution in [0.1, 0.15) is 11.1 Å². The third-order valence-corrected chi connectivity index (χ3v) is 1.91. The Morgan fingerprint density at radius 3 is 2.93 bits per heavy atom. The highest BCUT2D eigenvalue weighted by Crippen LogP contribution is 2.04. The van der Waals surface area contributed by atoms with Gasteiger partial charge in [-0.05, 0) is 18.9 Å². The van der Waals surface area contributed by atoms with Gasteiger partial charge in [-0.3, -0.25) is 10.4 Å². The van der Waals surface area contributed by atoms with Crippen LogP contribution in [0.3, 0.4) is 0 Å². The zero-order chi connectivity index (χ0) is 10.4. The summed E-state index contributed by atoms with van der Waals surface area (Å²) in [6, 6.07) is 8.33. The van der Waals surface area contributed by atoms with E-state index >= 15 is 0 Å². The van der Waals surface area contributed by atoms with Crippen molar-refractivity contribution < 1.29 is 0 Å². The molecule has 1 aromatic carbocycles. The zero-order valence-corrected chi connectivity index (χ0v) is 8.33. The summed E-state index contributed by atoms with van der Waals surface area (Å²) in [5.74, 6) is 5.35. The van der Waals surface area contributed by atoms with Gasteiger partial charge >= 0.3 is 0 Å². The van der Waals surface area contributed by atoms with Gasteiger partial charge in [-0.25, -0.2) is 5.84 Å². The molecule has 0 aliphatic heterocycles. The number of hydrogen-bond acceptors (Lipinski definition) is 2. The summed E-state index contributed by atoms with van der Waals surface area (Å²) in [6.45, 7) is 2.72. The highest BCUT2D eigenvalue weighted by molar-refractivity contribution is 5.77. The number of hydrogen-bond donors (Lipinski definition) is 3. The van der Waals surface area contributed by atoms with E-state index in [9.17, 15) is 0 Å². The summed E-state index contributed by atoms with van der Waals surface area (Å²) in [5, 5.41) is 0. The number of aryl methyl sites for hydroxylation is 1. The summed E-state index contributed by atoms with van der Waals surface area (Å²) < 4.78 is 0. The Bertz CT molecular complexity index is 320. The van der Waals surface area contributed by atoms with Crippen molar-refractivity contribution >= 4 is 5.96 Å². The van der Waals surface area contributed by atoms with E-state index in [1.807, 2.05) is 6.07 Å². The molecule has 1 aromatic rings. The van der Waals surface area contributed by atoms with Crippen LogP contribution in [-0.2, 0) is 6.42 Å². The van der Waals surface area contributed by atoms with Crippen molar-refractivity contribution in [3.63, 3.8) is 0 Å². The summed E-state index contributed by atoms with van der Waals surface area (Å²) in [4.78, 5) is 4.03. The molecule has 0 aromatic heterocycles. The lowest BCUT2D eigenvalue weighted by atomic mass is 10.1. The summed E-state index contributed by atoms with van der Waals surface area (Å²) in [7, 11) is 0. The standard InChI is InChI=1S/C10H16N4/c1-8-3-2-4-9(7-8)5-6-13-10(11)14-12/h2-4,7H,5-6,12H2,1H3,(H3,11,13,14). The van der Waals surface area contributed by atoms with E-state index in [1.165, 1.54) is 11.1 Å². The van der Waals surface area contributed by atoms with Crippen LogP contribution in [0.5, 0.6) is 0 Å². The molecule has 0 saturated carbocycles. The fourth-order valence-electron chi connectivity index (χ4n) is 1.22. The molecule has 76 valence electrons. The highest BCUT2D eigenvalue weighted by Gasteiger charge is 1.92. The Morgan fingerprint density at radius 2 is 2.29 bits per heavy atom. The monoisotopic (exact) mass is 192 g/mol. The molecule has 4 heteroatoms. The predicted molar refractivity (Wildman–Crippen MR) is 58.7 cm³/mol. The van der Waals surface area contributed by atoms with E-state index < -0.39 is 0 Å². The Labute approximate surface area is 84.0 Å². The van der Waals surface area contributed by atoms with Crippen molar-refractivity contribution in [3.8, 4) is 0 Å². The van der Waals surface area contributed by atoms with Gasteiger partial charge in [-0.2, -0.15) is 0 Å². The largest absolute Gasteiger partial charge is 0.369 e. The van der Waals surface area contributed by atoms with Gasteiger partial charge < -0.3 is 5.73 Å². The molecule has 0 amide bonds. The summed E-state index contributed by atoms with van der Waals surface area (Å²) in [5.41, 5.74) is 10.2. The number of aliphatic imine (C=N–C) groups is 1. The number of nitrogens with two attached hydrogens (primary N) is 2. The number of guanidine groups is 1. The number of hydrazine groups is 1. The Hall–Kier alpha value is -1.55. The molecule has 0 fully saturated rings. The second-order valence-corrected chi connectivity index (χ2v) is 3.15. The minimum absolute atomic E-state index is 0.276. The molecule has 0 heterocycles. The zero-order valence-electron chi connectivity index (χ0n) is 8.33. The minimum Gasteiger partial charge on any atom is -0.369 e. The molecule has 4 nitrogen and oxygen atoms in total. The van der Waals surface area contributed by atoms with E-state index in [-0.39, 0.29) is 5.96 Å². The van der Waals surface area contributed by atoms with Gasteiger partial charge in [0.1, 0.15) is 0 Å². The maximum Gasteiger partial charge on any atom is 0.203 e. The summed E-state index contributed by atoms with van der Waals surface area (Å²) in [6.07, 6.45) is 0.879. The predicted octanol–water partition coefficient (Wildman–Crippen LogP) is 0.316. The van der Waals surface area contributed by atoms with E-state index in [4.69, 9.17) is 11.6 Å². The quantitative estimate of drug-likeness (QED) is 0.279. The van der Waals surface area contributed by atoms with E-state index in [0.29, 0.717) is 6.54 Å². The molecule has 0 aliphatic carbocycles. The van der Waals surface area contributed by atoms with Gasteiger partial charge in [0.2, 0.25) is 5.96 Å². The van der Waals surface area contributed by atoms with Gasteiger partial charge in [0, 0.05) is 6.54 Å². The van der Waals surface area contributed by atoms with Crippen molar-refractivity contribution in [2.24, 2.45) is 16.6 Å². The van der Waals surface area contributed by atoms with Crippen LogP contribution in [0.2, 0.25) is 0 Å². The lowest BCUT2D eigenvalue weighted by molar-refractivity contribution is 0.922. The van der Waals surface area contributed by atoms with E-state index in [2.05, 4.69) is 35.5 Å². The molecule has 0 radical (unpaired) electrons. The molecule has 0 spiro atoms. The Balaban J connectivity index is 2.46. The third kappa shape index (κ3) is 3.45. The SMILES string of the molecule is Cc1cccc(CCN=C(N)NN)c1. The van der Waals surface area contributed by atoms with Crippen LogP contribution in [0.25, 0.3) is 0 Å². The smallest absolute Gasteiger partial charge is 0.203 e. The molecule has 0 atom stereocenters. The number of nitrogens with one attached hydrogen (secondary N) is 1. The first-order chi connectivity index (χ1) is 6.72. The van der Waals surface area contributed by atoms with Crippen LogP contribution < -0.4 is 17.0 Å². The molecule has 0 unspecified atom stereocenters. The minimum atomic E-state index is 0.276. The van der Waals surface area contributed by atoms with Gasteiger partial charge in [0.05, 0.1) is 0 Å². The number of nitrogens with zero attached hydrogens (tertiary/aromatic N) is 1. The molecule has 1 rings (SSSR count). The van der Waals surface area contributed by atoms with Crippen LogP contribution in [0.4, 0.5) is 0 Å². The van der Waals surface area contributed by atoms with Crippen LogP contribution in [-0.4, -0.2) is 12.5 Å². The van der Waals surface area contributed by atoms with Crippen molar-refractivity contribution in [2.75, 3.05) is 6.54 Å². The van der Waals surface area contributed by atoms with E-state index in [1.54, 1.807) is 0 Å². The lowest BCUT2D eigenvalue weighted by Gasteiger charge is -2.01. The van der Waals surface area contributed by atoms with Crippen molar-refractivity contribution in [3.05, 3.63) is 35.4 Å². The lowest BCUT2D eigenvalue weighted by Crippen LogP contribution is -2.37. The Kier molecular flexibility index (Phi) is 3.94. The normalized spacial score (nSPS) is 11.4. The second kappa shape index (κ2) is 5.24. The molecule has 0 bridgehead atoms.